The van der Waals surface area contributed by atoms with E-state index in [9.17, 15) is 4.39 Å². The summed E-state index contributed by atoms with van der Waals surface area (Å²) >= 11 is 0. The van der Waals surface area contributed by atoms with Crippen LogP contribution >= 0.6 is 0 Å². The van der Waals surface area contributed by atoms with Gasteiger partial charge in [-0.1, -0.05) is 0 Å². The highest BCUT2D eigenvalue weighted by molar-refractivity contribution is 5.78. The lowest BCUT2D eigenvalue weighted by atomic mass is 9.93. The van der Waals surface area contributed by atoms with E-state index in [2.05, 4.69) is 20.2 Å². The Bertz CT molecular complexity index is 1300. The maximum atomic E-state index is 14.7. The Hall–Kier alpha value is -3.55. The fraction of sp³-hybridized carbons (Fsp3) is 0.273. The summed E-state index contributed by atoms with van der Waals surface area (Å²) < 4.78 is 28.7. The van der Waals surface area contributed by atoms with Gasteiger partial charge in [0.2, 0.25) is 0 Å². The molecular formula is C22H18FN5O2. The maximum absolute atomic E-state index is 14.7. The van der Waals surface area contributed by atoms with Gasteiger partial charge in [-0.25, -0.2) is 4.39 Å². The molecule has 150 valence electrons. The van der Waals surface area contributed by atoms with Gasteiger partial charge in [-0.05, 0) is 43.5 Å². The molecule has 0 aliphatic carbocycles. The Morgan fingerprint density at radius 2 is 1.90 bits per heavy atom. The molecule has 2 aliphatic heterocycles. The molecule has 0 saturated heterocycles. The molecule has 2 aliphatic rings. The molecule has 0 bridgehead atoms. The predicted octanol–water partition coefficient (Wildman–Crippen LogP) is 3.29. The number of aromatic nitrogens is 5. The molecule has 4 aromatic rings. The molecule has 0 radical (unpaired) electrons. The van der Waals surface area contributed by atoms with Crippen LogP contribution in [0.25, 0.3) is 16.9 Å². The molecule has 0 amide bonds. The molecule has 6 rings (SSSR count). The Balaban J connectivity index is 1.54. The van der Waals surface area contributed by atoms with Crippen LogP contribution in [0.4, 0.5) is 4.39 Å². The Labute approximate surface area is 171 Å². The minimum absolute atomic E-state index is 0.00466. The van der Waals surface area contributed by atoms with Crippen LogP contribution in [0, 0.1) is 12.7 Å². The van der Waals surface area contributed by atoms with Crippen molar-refractivity contribution >= 4 is 5.65 Å². The van der Waals surface area contributed by atoms with Crippen molar-refractivity contribution in [3.63, 3.8) is 0 Å². The second-order valence-electron chi connectivity index (χ2n) is 7.64. The smallest absolute Gasteiger partial charge is 0.170 e. The van der Waals surface area contributed by atoms with Gasteiger partial charge in [-0.2, -0.15) is 0 Å². The van der Waals surface area contributed by atoms with Gasteiger partial charge in [0.25, 0.3) is 0 Å². The highest BCUT2D eigenvalue weighted by atomic mass is 19.1. The zero-order valence-electron chi connectivity index (χ0n) is 16.3. The lowest BCUT2D eigenvalue weighted by molar-refractivity contribution is 0.246. The van der Waals surface area contributed by atoms with E-state index in [1.54, 1.807) is 24.8 Å². The Morgan fingerprint density at radius 3 is 2.77 bits per heavy atom. The standard InChI is InChI=1S/C22H18FN5O2/c1-12-21(25-7-6-24-12)15-8-19-17(28-11-26-27-22(15)28)4-2-14-16(23)3-5-18-20(14)13(9-29-18)10-30-19/h3,5-8,11,13H,2,4,9-10H2,1H3/t13-/m1/s1. The largest absolute Gasteiger partial charge is 0.493 e. The molecular weight excluding hydrogens is 385 g/mol. The van der Waals surface area contributed by atoms with Crippen LogP contribution in [0.1, 0.15) is 28.4 Å². The number of hydrogen-bond donors (Lipinski definition) is 0. The van der Waals surface area contributed by atoms with Gasteiger partial charge in [0, 0.05) is 18.0 Å². The number of hydrogen-bond acceptors (Lipinski definition) is 6. The molecule has 7 nitrogen and oxygen atoms in total. The Kier molecular flexibility index (Phi) is 3.74. The van der Waals surface area contributed by atoms with Crippen molar-refractivity contribution in [2.45, 2.75) is 25.7 Å². The fourth-order valence-electron chi connectivity index (χ4n) is 4.51. The van der Waals surface area contributed by atoms with Crippen molar-refractivity contribution in [3.05, 3.63) is 65.3 Å². The number of rotatable bonds is 1. The lowest BCUT2D eigenvalue weighted by Gasteiger charge is -2.16. The van der Waals surface area contributed by atoms with Crippen LogP contribution in [-0.2, 0) is 12.8 Å². The number of benzene rings is 1. The van der Waals surface area contributed by atoms with Crippen LogP contribution in [0.15, 0.2) is 36.9 Å². The van der Waals surface area contributed by atoms with E-state index in [-0.39, 0.29) is 11.7 Å². The van der Waals surface area contributed by atoms with E-state index in [4.69, 9.17) is 9.47 Å². The first-order chi connectivity index (χ1) is 14.7. The van der Waals surface area contributed by atoms with Gasteiger partial charge in [0.05, 0.1) is 41.8 Å². The van der Waals surface area contributed by atoms with Gasteiger partial charge < -0.3 is 9.47 Å². The van der Waals surface area contributed by atoms with Crippen molar-refractivity contribution in [1.82, 2.24) is 24.6 Å². The van der Waals surface area contributed by atoms with E-state index < -0.39 is 0 Å². The summed E-state index contributed by atoms with van der Waals surface area (Å²) in [7, 11) is 0. The molecule has 5 heterocycles. The van der Waals surface area contributed by atoms with Gasteiger partial charge in [-0.3, -0.25) is 14.4 Å². The molecule has 8 heteroatoms. The molecule has 0 unspecified atom stereocenters. The number of pyridine rings is 1. The number of aryl methyl sites for hydroxylation is 2. The molecule has 30 heavy (non-hydrogen) atoms. The van der Waals surface area contributed by atoms with Gasteiger partial charge in [0.1, 0.15) is 23.6 Å². The fourth-order valence-corrected chi connectivity index (χ4v) is 4.51. The average molecular weight is 403 g/mol. The van der Waals surface area contributed by atoms with Crippen molar-refractivity contribution in [3.8, 4) is 22.8 Å². The summed E-state index contributed by atoms with van der Waals surface area (Å²) in [5.74, 6) is 1.29. The Morgan fingerprint density at radius 1 is 1.07 bits per heavy atom. The highest BCUT2D eigenvalue weighted by Gasteiger charge is 2.31. The van der Waals surface area contributed by atoms with Gasteiger partial charge in [-0.15, -0.1) is 10.2 Å². The van der Waals surface area contributed by atoms with Crippen LogP contribution < -0.4 is 9.47 Å². The molecule has 0 saturated carbocycles. The molecule has 0 N–H and O–H groups in total. The molecule has 3 aromatic heterocycles. The van der Waals surface area contributed by atoms with Crippen LogP contribution in [-0.4, -0.2) is 37.8 Å². The van der Waals surface area contributed by atoms with Crippen molar-refractivity contribution in [1.29, 1.82) is 0 Å². The van der Waals surface area contributed by atoms with Crippen molar-refractivity contribution < 1.29 is 13.9 Å². The predicted molar refractivity (Wildman–Crippen MR) is 106 cm³/mol. The van der Waals surface area contributed by atoms with E-state index in [0.717, 1.165) is 39.7 Å². The van der Waals surface area contributed by atoms with Crippen LogP contribution in [0.2, 0.25) is 0 Å². The summed E-state index contributed by atoms with van der Waals surface area (Å²) in [6.45, 7) is 2.81. The third kappa shape index (κ3) is 2.49. The van der Waals surface area contributed by atoms with E-state index >= 15 is 0 Å². The first-order valence-electron chi connectivity index (χ1n) is 9.91. The lowest BCUT2D eigenvalue weighted by Crippen LogP contribution is -2.13. The van der Waals surface area contributed by atoms with Crippen molar-refractivity contribution in [2.75, 3.05) is 13.2 Å². The summed E-state index contributed by atoms with van der Waals surface area (Å²) in [5, 5.41) is 8.44. The van der Waals surface area contributed by atoms with E-state index in [1.807, 2.05) is 17.4 Å². The van der Waals surface area contributed by atoms with Gasteiger partial charge in [0.15, 0.2) is 5.65 Å². The molecule has 0 fully saturated rings. The molecule has 0 spiro atoms. The molecule has 1 aromatic carbocycles. The minimum atomic E-state index is -0.195. The summed E-state index contributed by atoms with van der Waals surface area (Å²) in [6, 6.07) is 5.16. The topological polar surface area (TPSA) is 74.4 Å². The maximum Gasteiger partial charge on any atom is 0.170 e. The number of ether oxygens (including phenoxy) is 2. The minimum Gasteiger partial charge on any atom is -0.493 e. The monoisotopic (exact) mass is 403 g/mol. The second kappa shape index (κ2) is 6.48. The number of halogens is 1. The summed E-state index contributed by atoms with van der Waals surface area (Å²) in [4.78, 5) is 8.86. The summed E-state index contributed by atoms with van der Waals surface area (Å²) in [5.41, 5.74) is 5.59. The zero-order valence-corrected chi connectivity index (χ0v) is 16.3. The quantitative estimate of drug-likeness (QED) is 0.486. The first kappa shape index (κ1) is 17.3. The third-order valence-corrected chi connectivity index (χ3v) is 5.94. The van der Waals surface area contributed by atoms with E-state index in [0.29, 0.717) is 37.3 Å². The number of fused-ring (bicyclic) bond motifs is 3. The van der Waals surface area contributed by atoms with Crippen LogP contribution in [0.3, 0.4) is 0 Å². The second-order valence-corrected chi connectivity index (χ2v) is 7.64. The van der Waals surface area contributed by atoms with Crippen LogP contribution in [0.5, 0.6) is 11.5 Å². The van der Waals surface area contributed by atoms with E-state index in [1.165, 1.54) is 6.07 Å². The highest BCUT2D eigenvalue weighted by Crippen LogP contribution is 2.41. The average Bonchev–Trinajstić information content (AvgIpc) is 3.40. The first-order valence-corrected chi connectivity index (χ1v) is 9.91. The normalized spacial score (nSPS) is 17.3. The third-order valence-electron chi connectivity index (χ3n) is 5.94. The SMILES string of the molecule is Cc1nccnc1-c1cc2c(n3cnnc13)CCc1c(F)ccc3c1[C@H](CO3)CO2. The molecule has 1 atom stereocenters. The summed E-state index contributed by atoms with van der Waals surface area (Å²) in [6.07, 6.45) is 6.13. The zero-order chi connectivity index (χ0) is 20.2. The van der Waals surface area contributed by atoms with Gasteiger partial charge >= 0.3 is 0 Å². The number of nitrogens with zero attached hydrogens (tertiary/aromatic N) is 5. The van der Waals surface area contributed by atoms with Crippen molar-refractivity contribution in [2.24, 2.45) is 0 Å².